The van der Waals surface area contributed by atoms with Crippen molar-refractivity contribution in [2.24, 2.45) is 4.99 Å². The van der Waals surface area contributed by atoms with Crippen LogP contribution in [0.2, 0.25) is 0 Å². The molecule has 7 heteroatoms. The quantitative estimate of drug-likeness (QED) is 0.428. The number of benzene rings is 1. The third-order valence-electron chi connectivity index (χ3n) is 3.75. The van der Waals surface area contributed by atoms with E-state index in [9.17, 15) is 0 Å². The summed E-state index contributed by atoms with van der Waals surface area (Å²) >= 11 is 0. The molecule has 0 fully saturated rings. The minimum absolute atomic E-state index is 0.298. The average molecular weight is 356 g/mol. The van der Waals surface area contributed by atoms with E-state index in [1.165, 1.54) is 5.56 Å². The molecule has 1 aromatic carbocycles. The van der Waals surface area contributed by atoms with Gasteiger partial charge >= 0.3 is 0 Å². The molecule has 1 aliphatic heterocycles. The lowest BCUT2D eigenvalue weighted by Crippen LogP contribution is -2.39. The van der Waals surface area contributed by atoms with E-state index >= 15 is 0 Å². The highest BCUT2D eigenvalue weighted by Gasteiger charge is 2.12. The third kappa shape index (κ3) is 5.27. The predicted octanol–water partition coefficient (Wildman–Crippen LogP) is 1.99. The summed E-state index contributed by atoms with van der Waals surface area (Å²) in [6.07, 6.45) is 4.26. The summed E-state index contributed by atoms with van der Waals surface area (Å²) in [4.78, 5) is 8.62. The molecule has 26 heavy (non-hydrogen) atoms. The first-order valence-electron chi connectivity index (χ1n) is 8.78. The number of pyridine rings is 1. The van der Waals surface area contributed by atoms with Crippen LogP contribution in [-0.2, 0) is 6.42 Å². The van der Waals surface area contributed by atoms with Crippen molar-refractivity contribution < 1.29 is 14.2 Å². The molecule has 0 unspecified atom stereocenters. The fourth-order valence-electron chi connectivity index (χ4n) is 2.51. The molecular weight excluding hydrogens is 332 g/mol. The first-order chi connectivity index (χ1) is 12.8. The average Bonchev–Trinajstić information content (AvgIpc) is 3.14. The molecule has 0 atom stereocenters. The largest absolute Gasteiger partial charge is 0.490 e. The number of hydrogen-bond acceptors (Lipinski definition) is 5. The molecule has 0 saturated carbocycles. The van der Waals surface area contributed by atoms with Gasteiger partial charge in [-0.25, -0.2) is 0 Å². The maximum atomic E-state index is 5.62. The van der Waals surface area contributed by atoms with Crippen LogP contribution in [0.1, 0.15) is 12.5 Å². The van der Waals surface area contributed by atoms with E-state index < -0.39 is 0 Å². The summed E-state index contributed by atoms with van der Waals surface area (Å²) in [5.41, 5.74) is 1.17. The van der Waals surface area contributed by atoms with Crippen molar-refractivity contribution in [2.45, 2.75) is 13.3 Å². The van der Waals surface area contributed by atoms with Crippen LogP contribution in [0, 0.1) is 0 Å². The van der Waals surface area contributed by atoms with E-state index in [4.69, 9.17) is 14.2 Å². The molecule has 1 aliphatic rings. The van der Waals surface area contributed by atoms with Gasteiger partial charge in [-0.05, 0) is 43.2 Å². The molecule has 0 bridgehead atoms. The van der Waals surface area contributed by atoms with Gasteiger partial charge in [0.25, 0.3) is 0 Å². The van der Waals surface area contributed by atoms with Crippen molar-refractivity contribution in [1.82, 2.24) is 15.6 Å². The summed E-state index contributed by atoms with van der Waals surface area (Å²) in [6.45, 7) is 5.02. The maximum Gasteiger partial charge on any atom is 0.231 e. The van der Waals surface area contributed by atoms with Crippen molar-refractivity contribution in [2.75, 3.05) is 33.0 Å². The number of aromatic nitrogens is 1. The Bertz CT molecular complexity index is 722. The highest BCUT2D eigenvalue weighted by Crippen LogP contribution is 2.32. The minimum atomic E-state index is 0.298. The number of ether oxygens (including phenoxy) is 3. The first-order valence-corrected chi connectivity index (χ1v) is 8.78. The van der Waals surface area contributed by atoms with Crippen LogP contribution in [0.4, 0.5) is 0 Å². The lowest BCUT2D eigenvalue weighted by atomic mass is 10.1. The number of guanidine groups is 1. The second kappa shape index (κ2) is 9.50. The molecule has 2 heterocycles. The summed E-state index contributed by atoms with van der Waals surface area (Å²) in [6, 6.07) is 9.74. The fraction of sp³-hybridized carbons (Fsp3) is 0.368. The zero-order chi connectivity index (χ0) is 18.0. The molecule has 0 aliphatic carbocycles. The Labute approximate surface area is 153 Å². The Balaban J connectivity index is 1.43. The standard InChI is InChI=1S/C19H24N4O3/c1-2-21-19(23-10-11-24-16-4-3-8-20-13-16)22-9-7-15-5-6-17-18(12-15)26-14-25-17/h3-6,8,12-13H,2,7,9-11,14H2,1H3,(H2,21,22,23). The van der Waals surface area contributed by atoms with Crippen LogP contribution in [-0.4, -0.2) is 44.0 Å². The van der Waals surface area contributed by atoms with E-state index in [0.717, 1.165) is 36.2 Å². The van der Waals surface area contributed by atoms with Gasteiger partial charge in [0.2, 0.25) is 6.79 Å². The van der Waals surface area contributed by atoms with Crippen LogP contribution in [0.5, 0.6) is 17.2 Å². The Morgan fingerprint density at radius 1 is 1.23 bits per heavy atom. The van der Waals surface area contributed by atoms with Crippen LogP contribution in [0.15, 0.2) is 47.7 Å². The third-order valence-corrected chi connectivity index (χ3v) is 3.75. The van der Waals surface area contributed by atoms with Gasteiger partial charge in [-0.3, -0.25) is 9.98 Å². The van der Waals surface area contributed by atoms with E-state index in [1.54, 1.807) is 12.4 Å². The van der Waals surface area contributed by atoms with E-state index in [-0.39, 0.29) is 0 Å². The van der Waals surface area contributed by atoms with Crippen LogP contribution < -0.4 is 24.8 Å². The molecule has 0 amide bonds. The number of nitrogens with zero attached hydrogens (tertiary/aromatic N) is 2. The molecular formula is C19H24N4O3. The lowest BCUT2D eigenvalue weighted by molar-refractivity contribution is 0.174. The molecule has 0 saturated heterocycles. The van der Waals surface area contributed by atoms with Gasteiger partial charge in [-0.2, -0.15) is 0 Å². The molecule has 3 rings (SSSR count). The van der Waals surface area contributed by atoms with E-state index in [0.29, 0.717) is 26.5 Å². The Kier molecular flexibility index (Phi) is 6.53. The highest BCUT2D eigenvalue weighted by atomic mass is 16.7. The Hall–Kier alpha value is -2.96. The minimum Gasteiger partial charge on any atom is -0.490 e. The topological polar surface area (TPSA) is 77.0 Å². The predicted molar refractivity (Wildman–Crippen MR) is 100.0 cm³/mol. The SMILES string of the molecule is CCNC(=NCCc1ccc2c(c1)OCO2)NCCOc1cccnc1. The van der Waals surface area contributed by atoms with Crippen LogP contribution >= 0.6 is 0 Å². The van der Waals surface area contributed by atoms with Gasteiger partial charge in [-0.15, -0.1) is 0 Å². The molecule has 7 nitrogen and oxygen atoms in total. The highest BCUT2D eigenvalue weighted by molar-refractivity contribution is 5.79. The monoisotopic (exact) mass is 356 g/mol. The van der Waals surface area contributed by atoms with E-state index in [1.807, 2.05) is 37.3 Å². The zero-order valence-corrected chi connectivity index (χ0v) is 14.9. The van der Waals surface area contributed by atoms with Gasteiger partial charge in [0.15, 0.2) is 17.5 Å². The second-order valence-electron chi connectivity index (χ2n) is 5.66. The molecule has 2 N–H and O–H groups in total. The van der Waals surface area contributed by atoms with Crippen molar-refractivity contribution in [1.29, 1.82) is 0 Å². The zero-order valence-electron chi connectivity index (χ0n) is 14.9. The molecule has 138 valence electrons. The molecule has 0 spiro atoms. The lowest BCUT2D eigenvalue weighted by Gasteiger charge is -2.12. The second-order valence-corrected chi connectivity index (χ2v) is 5.66. The normalized spacial score (nSPS) is 12.7. The Morgan fingerprint density at radius 3 is 3.00 bits per heavy atom. The smallest absolute Gasteiger partial charge is 0.231 e. The van der Waals surface area contributed by atoms with Gasteiger partial charge in [0.1, 0.15) is 12.4 Å². The number of aliphatic imine (C=N–C) groups is 1. The molecule has 0 radical (unpaired) electrons. The Morgan fingerprint density at radius 2 is 2.15 bits per heavy atom. The molecule has 1 aromatic heterocycles. The van der Waals surface area contributed by atoms with Gasteiger partial charge in [-0.1, -0.05) is 6.07 Å². The summed E-state index contributed by atoms with van der Waals surface area (Å²) in [5.74, 6) is 3.16. The van der Waals surface area contributed by atoms with Crippen molar-refractivity contribution in [3.8, 4) is 17.2 Å². The number of nitrogens with one attached hydrogen (secondary N) is 2. The van der Waals surface area contributed by atoms with Gasteiger partial charge in [0.05, 0.1) is 12.7 Å². The first kappa shape index (κ1) is 17.8. The van der Waals surface area contributed by atoms with Gasteiger partial charge < -0.3 is 24.8 Å². The maximum absolute atomic E-state index is 5.62. The fourth-order valence-corrected chi connectivity index (χ4v) is 2.51. The number of hydrogen-bond donors (Lipinski definition) is 2. The summed E-state index contributed by atoms with van der Waals surface area (Å²) in [5, 5.41) is 6.50. The van der Waals surface area contributed by atoms with Crippen molar-refractivity contribution >= 4 is 5.96 Å². The van der Waals surface area contributed by atoms with Crippen molar-refractivity contribution in [3.05, 3.63) is 48.3 Å². The van der Waals surface area contributed by atoms with Gasteiger partial charge in [0, 0.05) is 19.3 Å². The number of fused-ring (bicyclic) bond motifs is 1. The molecule has 2 aromatic rings. The number of rotatable bonds is 8. The van der Waals surface area contributed by atoms with Crippen LogP contribution in [0.25, 0.3) is 0 Å². The van der Waals surface area contributed by atoms with Crippen molar-refractivity contribution in [3.63, 3.8) is 0 Å². The van der Waals surface area contributed by atoms with Crippen LogP contribution in [0.3, 0.4) is 0 Å². The summed E-state index contributed by atoms with van der Waals surface area (Å²) in [7, 11) is 0. The summed E-state index contributed by atoms with van der Waals surface area (Å²) < 4.78 is 16.4. The van der Waals surface area contributed by atoms with E-state index in [2.05, 4.69) is 20.6 Å².